The molecule has 1 amide bonds. The monoisotopic (exact) mass is 233 g/mol. The lowest BCUT2D eigenvalue weighted by Gasteiger charge is -1.99. The van der Waals surface area contributed by atoms with Gasteiger partial charge in [0.1, 0.15) is 0 Å². The molecule has 90 valence electrons. The molecule has 0 aliphatic rings. The van der Waals surface area contributed by atoms with Gasteiger partial charge < -0.3 is 5.32 Å². The fourth-order valence-corrected chi connectivity index (χ4v) is 1.57. The van der Waals surface area contributed by atoms with Gasteiger partial charge in [0.05, 0.1) is 11.3 Å². The Morgan fingerprint density at radius 3 is 2.76 bits per heavy atom. The number of rotatable bonds is 3. The minimum absolute atomic E-state index is 0.180. The van der Waals surface area contributed by atoms with E-state index in [2.05, 4.69) is 15.5 Å². The quantitative estimate of drug-likeness (QED) is 0.866. The van der Waals surface area contributed by atoms with Crippen LogP contribution < -0.4 is 5.32 Å². The van der Waals surface area contributed by atoms with E-state index in [9.17, 15) is 4.79 Å². The third kappa shape index (κ3) is 2.35. The Hall–Kier alpha value is -2.11. The van der Waals surface area contributed by atoms with Crippen molar-refractivity contribution < 1.29 is 4.79 Å². The summed E-state index contributed by atoms with van der Waals surface area (Å²) in [6.07, 6.45) is 3.52. The van der Waals surface area contributed by atoms with Crippen LogP contribution in [-0.2, 0) is 13.6 Å². The topological polar surface area (TPSA) is 64.7 Å². The van der Waals surface area contributed by atoms with Crippen molar-refractivity contribution in [1.82, 2.24) is 19.6 Å². The molecule has 0 saturated carbocycles. The molecule has 0 spiro atoms. The van der Waals surface area contributed by atoms with Gasteiger partial charge in [0.2, 0.25) is 0 Å². The zero-order valence-electron chi connectivity index (χ0n) is 10.1. The molecule has 0 aromatic carbocycles. The van der Waals surface area contributed by atoms with E-state index < -0.39 is 0 Å². The van der Waals surface area contributed by atoms with Crippen LogP contribution >= 0.6 is 0 Å². The first kappa shape index (κ1) is 11.4. The van der Waals surface area contributed by atoms with Gasteiger partial charge in [-0.2, -0.15) is 10.2 Å². The Balaban J connectivity index is 2.16. The molecular weight excluding hydrogens is 218 g/mol. The summed E-state index contributed by atoms with van der Waals surface area (Å²) in [5, 5.41) is 11.1. The van der Waals surface area contributed by atoms with Gasteiger partial charge in [-0.05, 0) is 13.8 Å². The first-order chi connectivity index (χ1) is 8.10. The van der Waals surface area contributed by atoms with E-state index in [0.29, 0.717) is 11.4 Å². The zero-order valence-corrected chi connectivity index (χ0v) is 10.1. The lowest BCUT2D eigenvalue weighted by Crippen LogP contribution is -2.13. The maximum absolute atomic E-state index is 12.0. The Morgan fingerprint density at radius 2 is 2.24 bits per heavy atom. The molecule has 0 aliphatic heterocycles. The molecule has 0 bridgehead atoms. The van der Waals surface area contributed by atoms with E-state index in [1.165, 1.54) is 0 Å². The predicted molar refractivity (Wildman–Crippen MR) is 63.8 cm³/mol. The summed E-state index contributed by atoms with van der Waals surface area (Å²) in [5.74, 6) is 0.363. The van der Waals surface area contributed by atoms with Crippen LogP contribution in [0.4, 0.5) is 5.82 Å². The first-order valence-electron chi connectivity index (χ1n) is 5.45. The summed E-state index contributed by atoms with van der Waals surface area (Å²) in [6.45, 7) is 4.55. The van der Waals surface area contributed by atoms with Crippen molar-refractivity contribution in [3.63, 3.8) is 0 Å². The highest BCUT2D eigenvalue weighted by Gasteiger charge is 2.13. The molecule has 0 radical (unpaired) electrons. The van der Waals surface area contributed by atoms with E-state index in [0.717, 1.165) is 12.2 Å². The number of carbonyl (C=O) groups excluding carboxylic acids is 1. The second-order valence-electron chi connectivity index (χ2n) is 3.81. The number of nitrogens with one attached hydrogen (secondary N) is 1. The van der Waals surface area contributed by atoms with Crippen LogP contribution in [0.3, 0.4) is 0 Å². The number of hydrogen-bond donors (Lipinski definition) is 1. The summed E-state index contributed by atoms with van der Waals surface area (Å²) < 4.78 is 3.38. The maximum atomic E-state index is 12.0. The van der Waals surface area contributed by atoms with E-state index in [1.54, 1.807) is 34.9 Å². The van der Waals surface area contributed by atoms with Gasteiger partial charge in [0, 0.05) is 32.1 Å². The minimum Gasteiger partial charge on any atom is -0.305 e. The number of anilines is 1. The summed E-state index contributed by atoms with van der Waals surface area (Å²) in [4.78, 5) is 12.0. The van der Waals surface area contributed by atoms with Crippen LogP contribution in [0.1, 0.15) is 23.0 Å². The van der Waals surface area contributed by atoms with E-state index in [4.69, 9.17) is 0 Å². The van der Waals surface area contributed by atoms with Gasteiger partial charge in [0.25, 0.3) is 5.91 Å². The second kappa shape index (κ2) is 4.40. The smallest absolute Gasteiger partial charge is 0.260 e. The van der Waals surface area contributed by atoms with Crippen molar-refractivity contribution in [3.8, 4) is 0 Å². The molecule has 2 aromatic rings. The Kier molecular flexibility index (Phi) is 2.95. The minimum atomic E-state index is -0.180. The number of amides is 1. The molecule has 0 unspecified atom stereocenters. The predicted octanol–water partition coefficient (Wildman–Crippen LogP) is 1.20. The average Bonchev–Trinajstić information content (AvgIpc) is 2.85. The zero-order chi connectivity index (χ0) is 12.4. The summed E-state index contributed by atoms with van der Waals surface area (Å²) in [7, 11) is 1.80. The maximum Gasteiger partial charge on any atom is 0.260 e. The van der Waals surface area contributed by atoms with Crippen LogP contribution in [0.15, 0.2) is 18.5 Å². The average molecular weight is 233 g/mol. The second-order valence-corrected chi connectivity index (χ2v) is 3.81. The fourth-order valence-electron chi connectivity index (χ4n) is 1.57. The molecule has 6 heteroatoms. The molecule has 0 fully saturated rings. The normalized spacial score (nSPS) is 10.5. The summed E-state index contributed by atoms with van der Waals surface area (Å²) >= 11 is 0. The van der Waals surface area contributed by atoms with Crippen LogP contribution in [0.25, 0.3) is 0 Å². The number of hydrogen-bond acceptors (Lipinski definition) is 3. The Morgan fingerprint density at radius 1 is 1.47 bits per heavy atom. The molecule has 0 aliphatic carbocycles. The van der Waals surface area contributed by atoms with Gasteiger partial charge in [-0.3, -0.25) is 14.2 Å². The molecular formula is C11H15N5O. The van der Waals surface area contributed by atoms with Gasteiger partial charge in [-0.1, -0.05) is 0 Å². The number of aryl methyl sites for hydroxylation is 3. The van der Waals surface area contributed by atoms with Crippen LogP contribution in [0.2, 0.25) is 0 Å². The van der Waals surface area contributed by atoms with E-state index in [1.807, 2.05) is 13.8 Å². The Bertz CT molecular complexity index is 540. The summed E-state index contributed by atoms with van der Waals surface area (Å²) in [6, 6.07) is 1.75. The highest BCUT2D eigenvalue weighted by Crippen LogP contribution is 2.09. The van der Waals surface area contributed by atoms with Crippen LogP contribution in [-0.4, -0.2) is 25.5 Å². The van der Waals surface area contributed by atoms with Crippen molar-refractivity contribution in [2.75, 3.05) is 5.32 Å². The highest BCUT2D eigenvalue weighted by atomic mass is 16.1. The van der Waals surface area contributed by atoms with E-state index >= 15 is 0 Å². The molecule has 1 N–H and O–H groups in total. The van der Waals surface area contributed by atoms with Gasteiger partial charge in [0.15, 0.2) is 5.82 Å². The van der Waals surface area contributed by atoms with Crippen LogP contribution in [0, 0.1) is 6.92 Å². The Labute approximate surface area is 99.2 Å². The fraction of sp³-hybridized carbons (Fsp3) is 0.364. The molecule has 2 heterocycles. The number of nitrogens with zero attached hydrogens (tertiary/aromatic N) is 4. The lowest BCUT2D eigenvalue weighted by molar-refractivity contribution is 0.102. The molecule has 6 nitrogen and oxygen atoms in total. The number of carbonyl (C=O) groups is 1. The third-order valence-corrected chi connectivity index (χ3v) is 2.47. The molecule has 2 rings (SSSR count). The summed E-state index contributed by atoms with van der Waals surface area (Å²) in [5.41, 5.74) is 1.30. The molecule has 17 heavy (non-hydrogen) atoms. The SMILES string of the molecule is CCn1cc(C(=O)Nc2ccn(C)n2)c(C)n1. The first-order valence-corrected chi connectivity index (χ1v) is 5.45. The molecule has 0 saturated heterocycles. The van der Waals surface area contributed by atoms with E-state index in [-0.39, 0.29) is 5.91 Å². The van der Waals surface area contributed by atoms with Crippen LogP contribution in [0.5, 0.6) is 0 Å². The largest absolute Gasteiger partial charge is 0.305 e. The molecule has 0 atom stereocenters. The van der Waals surface area contributed by atoms with Crippen molar-refractivity contribution in [2.24, 2.45) is 7.05 Å². The van der Waals surface area contributed by atoms with Crippen molar-refractivity contribution in [2.45, 2.75) is 20.4 Å². The van der Waals surface area contributed by atoms with Gasteiger partial charge in [-0.15, -0.1) is 0 Å². The van der Waals surface area contributed by atoms with Gasteiger partial charge in [-0.25, -0.2) is 0 Å². The van der Waals surface area contributed by atoms with Crippen molar-refractivity contribution in [3.05, 3.63) is 29.7 Å². The highest BCUT2D eigenvalue weighted by molar-refractivity contribution is 6.04. The molecule has 2 aromatic heterocycles. The van der Waals surface area contributed by atoms with Crippen molar-refractivity contribution in [1.29, 1.82) is 0 Å². The standard InChI is InChI=1S/C11H15N5O/c1-4-16-7-9(8(2)13-16)11(17)12-10-5-6-15(3)14-10/h5-7H,4H2,1-3H3,(H,12,14,17). The lowest BCUT2D eigenvalue weighted by atomic mass is 10.2. The number of aromatic nitrogens is 4. The van der Waals surface area contributed by atoms with Gasteiger partial charge >= 0.3 is 0 Å². The van der Waals surface area contributed by atoms with Crippen molar-refractivity contribution >= 4 is 11.7 Å². The third-order valence-electron chi connectivity index (χ3n) is 2.47.